The lowest BCUT2D eigenvalue weighted by molar-refractivity contribution is -0.246. The van der Waals surface area contributed by atoms with Crippen molar-refractivity contribution in [2.75, 3.05) is 26.3 Å². The Morgan fingerprint density at radius 3 is 2.69 bits per heavy atom. The molecule has 0 atom stereocenters. The summed E-state index contributed by atoms with van der Waals surface area (Å²) in [4.78, 5) is 21.8. The van der Waals surface area contributed by atoms with Gasteiger partial charge in [-0.3, -0.25) is 4.89 Å². The Kier molecular flexibility index (Phi) is 4.56. The van der Waals surface area contributed by atoms with Gasteiger partial charge in [-0.15, -0.1) is 0 Å². The first-order valence-corrected chi connectivity index (χ1v) is 4.54. The molecule has 5 nitrogen and oxygen atoms in total. The van der Waals surface area contributed by atoms with E-state index in [1.54, 1.807) is 4.90 Å². The average Bonchev–Trinajstić information content (AvgIpc) is 2.65. The van der Waals surface area contributed by atoms with Crippen molar-refractivity contribution in [2.45, 2.75) is 19.3 Å². The minimum Gasteiger partial charge on any atom is -0.396 e. The first-order valence-electron chi connectivity index (χ1n) is 4.54. The van der Waals surface area contributed by atoms with Gasteiger partial charge in [0.15, 0.2) is 0 Å². The molecule has 0 aromatic heterocycles. The monoisotopic (exact) mass is 189 g/mol. The lowest BCUT2D eigenvalue weighted by Crippen LogP contribution is -2.28. The Morgan fingerprint density at radius 1 is 1.38 bits per heavy atom. The fourth-order valence-corrected chi connectivity index (χ4v) is 1.17. The SMILES string of the molecule is O=C(OOCCCO)N1CCCC1. The highest BCUT2D eigenvalue weighted by Crippen LogP contribution is 2.08. The molecule has 0 saturated carbocycles. The largest absolute Gasteiger partial charge is 0.441 e. The third-order valence-corrected chi connectivity index (χ3v) is 1.88. The predicted molar refractivity (Wildman–Crippen MR) is 44.9 cm³/mol. The Hall–Kier alpha value is -0.810. The number of carbonyl (C=O) groups excluding carboxylic acids is 1. The zero-order chi connectivity index (χ0) is 9.52. The average molecular weight is 189 g/mol. The molecule has 76 valence electrons. The molecule has 13 heavy (non-hydrogen) atoms. The van der Waals surface area contributed by atoms with E-state index in [-0.39, 0.29) is 13.2 Å². The van der Waals surface area contributed by atoms with Gasteiger partial charge in [0.2, 0.25) is 0 Å². The van der Waals surface area contributed by atoms with Crippen molar-refractivity contribution in [1.29, 1.82) is 0 Å². The number of hydrogen-bond donors (Lipinski definition) is 1. The van der Waals surface area contributed by atoms with E-state index in [2.05, 4.69) is 9.78 Å². The summed E-state index contributed by atoms with van der Waals surface area (Å²) in [7, 11) is 0. The molecule has 1 saturated heterocycles. The summed E-state index contributed by atoms with van der Waals surface area (Å²) in [6.45, 7) is 1.79. The van der Waals surface area contributed by atoms with Crippen LogP contribution in [0.3, 0.4) is 0 Å². The van der Waals surface area contributed by atoms with Gasteiger partial charge in [-0.2, -0.15) is 4.89 Å². The highest BCUT2D eigenvalue weighted by Gasteiger charge is 2.19. The lowest BCUT2D eigenvalue weighted by Gasteiger charge is -2.12. The predicted octanol–water partition coefficient (Wildman–Crippen LogP) is 0.533. The molecule has 1 rings (SSSR count). The van der Waals surface area contributed by atoms with E-state index in [4.69, 9.17) is 5.11 Å². The maximum Gasteiger partial charge on any atom is 0.441 e. The van der Waals surface area contributed by atoms with Crippen LogP contribution >= 0.6 is 0 Å². The quantitative estimate of drug-likeness (QED) is 0.398. The van der Waals surface area contributed by atoms with Crippen molar-refractivity contribution < 1.29 is 19.7 Å². The zero-order valence-electron chi connectivity index (χ0n) is 7.57. The van der Waals surface area contributed by atoms with E-state index in [1.807, 2.05) is 0 Å². The van der Waals surface area contributed by atoms with Crippen molar-refractivity contribution in [3.05, 3.63) is 0 Å². The van der Waals surface area contributed by atoms with Crippen LogP contribution in [0.4, 0.5) is 4.79 Å². The summed E-state index contributed by atoms with van der Waals surface area (Å²) in [5, 5.41) is 8.41. The van der Waals surface area contributed by atoms with Gasteiger partial charge in [0.1, 0.15) is 0 Å². The highest BCUT2D eigenvalue weighted by molar-refractivity contribution is 5.67. The Balaban J connectivity index is 2.03. The summed E-state index contributed by atoms with van der Waals surface area (Å²) < 4.78 is 0. The summed E-state index contributed by atoms with van der Waals surface area (Å²) >= 11 is 0. The lowest BCUT2D eigenvalue weighted by atomic mass is 10.4. The third-order valence-electron chi connectivity index (χ3n) is 1.88. The topological polar surface area (TPSA) is 59.0 Å². The number of hydrogen-bond acceptors (Lipinski definition) is 4. The molecular weight excluding hydrogens is 174 g/mol. The van der Waals surface area contributed by atoms with Crippen LogP contribution in [0.5, 0.6) is 0 Å². The number of aliphatic hydroxyl groups excluding tert-OH is 1. The molecule has 0 aliphatic carbocycles. The molecule has 0 unspecified atom stereocenters. The van der Waals surface area contributed by atoms with E-state index in [9.17, 15) is 4.79 Å². The number of nitrogens with zero attached hydrogens (tertiary/aromatic N) is 1. The normalized spacial score (nSPS) is 16.2. The second-order valence-electron chi connectivity index (χ2n) is 2.94. The van der Waals surface area contributed by atoms with Gasteiger partial charge in [-0.25, -0.2) is 4.79 Å². The van der Waals surface area contributed by atoms with Crippen LogP contribution in [0, 0.1) is 0 Å². The summed E-state index contributed by atoms with van der Waals surface area (Å²) in [5.41, 5.74) is 0. The molecule has 1 amide bonds. The van der Waals surface area contributed by atoms with E-state index in [0.717, 1.165) is 25.9 Å². The van der Waals surface area contributed by atoms with Gasteiger partial charge in [0, 0.05) is 19.7 Å². The molecule has 5 heteroatoms. The van der Waals surface area contributed by atoms with Crippen molar-refractivity contribution in [2.24, 2.45) is 0 Å². The third kappa shape index (κ3) is 3.61. The van der Waals surface area contributed by atoms with Gasteiger partial charge in [-0.05, 0) is 19.3 Å². The number of amides is 1. The fraction of sp³-hybridized carbons (Fsp3) is 0.875. The van der Waals surface area contributed by atoms with Crippen LogP contribution in [0.1, 0.15) is 19.3 Å². The van der Waals surface area contributed by atoms with E-state index in [0.29, 0.717) is 6.42 Å². The first kappa shape index (κ1) is 10.3. The Bertz CT molecular complexity index is 156. The van der Waals surface area contributed by atoms with Crippen molar-refractivity contribution >= 4 is 6.09 Å². The molecule has 1 N–H and O–H groups in total. The molecule has 1 fully saturated rings. The molecule has 0 aromatic carbocycles. The van der Waals surface area contributed by atoms with Crippen LogP contribution in [-0.4, -0.2) is 42.4 Å². The molecular formula is C8H15NO4. The van der Waals surface area contributed by atoms with Crippen LogP contribution < -0.4 is 0 Å². The molecule has 1 heterocycles. The summed E-state index contributed by atoms with van der Waals surface area (Å²) in [6, 6.07) is 0. The van der Waals surface area contributed by atoms with Crippen molar-refractivity contribution in [3.63, 3.8) is 0 Å². The summed E-state index contributed by atoms with van der Waals surface area (Å²) in [5.74, 6) is 0. The Labute approximate surface area is 77.2 Å². The maximum absolute atomic E-state index is 11.1. The summed E-state index contributed by atoms with van der Waals surface area (Å²) in [6.07, 6.45) is 2.13. The van der Waals surface area contributed by atoms with Crippen LogP contribution in [0.2, 0.25) is 0 Å². The Morgan fingerprint density at radius 2 is 2.08 bits per heavy atom. The maximum atomic E-state index is 11.1. The van der Waals surface area contributed by atoms with Crippen molar-refractivity contribution in [1.82, 2.24) is 4.90 Å². The number of rotatable bonds is 4. The molecule has 1 aliphatic rings. The second kappa shape index (κ2) is 5.77. The number of carbonyl (C=O) groups is 1. The minimum atomic E-state index is -0.421. The van der Waals surface area contributed by atoms with Gasteiger partial charge < -0.3 is 10.0 Å². The number of aliphatic hydroxyl groups is 1. The van der Waals surface area contributed by atoms with Gasteiger partial charge in [0.05, 0.1) is 6.61 Å². The van der Waals surface area contributed by atoms with Crippen LogP contribution in [0.15, 0.2) is 0 Å². The van der Waals surface area contributed by atoms with Crippen LogP contribution in [-0.2, 0) is 9.78 Å². The standard InChI is InChI=1S/C8H15NO4/c10-6-3-7-12-13-8(11)9-4-1-2-5-9/h10H,1-7H2. The van der Waals surface area contributed by atoms with E-state index < -0.39 is 6.09 Å². The highest BCUT2D eigenvalue weighted by atomic mass is 17.2. The van der Waals surface area contributed by atoms with E-state index >= 15 is 0 Å². The molecule has 0 spiro atoms. The van der Waals surface area contributed by atoms with Gasteiger partial charge in [0.25, 0.3) is 0 Å². The number of likely N-dealkylation sites (tertiary alicyclic amines) is 1. The van der Waals surface area contributed by atoms with Crippen LogP contribution in [0.25, 0.3) is 0 Å². The fourth-order valence-electron chi connectivity index (χ4n) is 1.17. The van der Waals surface area contributed by atoms with E-state index in [1.165, 1.54) is 0 Å². The van der Waals surface area contributed by atoms with Gasteiger partial charge in [-0.1, -0.05) is 0 Å². The minimum absolute atomic E-state index is 0.0429. The first-order chi connectivity index (χ1) is 6.34. The smallest absolute Gasteiger partial charge is 0.396 e. The van der Waals surface area contributed by atoms with Crippen molar-refractivity contribution in [3.8, 4) is 0 Å². The molecule has 0 aromatic rings. The molecule has 0 radical (unpaired) electrons. The molecule has 0 bridgehead atoms. The molecule has 1 aliphatic heterocycles. The van der Waals surface area contributed by atoms with Gasteiger partial charge >= 0.3 is 6.09 Å². The second-order valence-corrected chi connectivity index (χ2v) is 2.94. The zero-order valence-corrected chi connectivity index (χ0v) is 7.57.